The van der Waals surface area contributed by atoms with Crippen molar-refractivity contribution in [1.29, 1.82) is 0 Å². The quantitative estimate of drug-likeness (QED) is 0.445. The first kappa shape index (κ1) is 20.8. The summed E-state index contributed by atoms with van der Waals surface area (Å²) >= 11 is 3.13. The van der Waals surface area contributed by atoms with E-state index in [0.717, 1.165) is 54.0 Å². The van der Waals surface area contributed by atoms with Crippen molar-refractivity contribution in [2.45, 2.75) is 6.54 Å². The number of carbonyl (C=O) groups excluding carboxylic acids is 1. The summed E-state index contributed by atoms with van der Waals surface area (Å²) in [7, 11) is 0. The molecule has 1 amide bonds. The van der Waals surface area contributed by atoms with E-state index >= 15 is 0 Å². The minimum atomic E-state index is -0.173. The molecule has 5 rings (SSSR count). The van der Waals surface area contributed by atoms with Gasteiger partial charge in [0.2, 0.25) is 0 Å². The van der Waals surface area contributed by atoms with Gasteiger partial charge < -0.3 is 10.2 Å². The van der Waals surface area contributed by atoms with Gasteiger partial charge in [0.25, 0.3) is 5.91 Å². The summed E-state index contributed by atoms with van der Waals surface area (Å²) in [5.74, 6) is -0.173. The van der Waals surface area contributed by atoms with Gasteiger partial charge in [-0.1, -0.05) is 18.2 Å². The largest absolute Gasteiger partial charge is 0.367 e. The molecule has 1 N–H and O–H groups in total. The fourth-order valence-corrected chi connectivity index (χ4v) is 5.44. The van der Waals surface area contributed by atoms with Gasteiger partial charge in [-0.3, -0.25) is 14.7 Å². The Balaban J connectivity index is 1.24. The molecule has 4 aromatic rings. The van der Waals surface area contributed by atoms with Gasteiger partial charge in [-0.2, -0.15) is 0 Å². The van der Waals surface area contributed by atoms with E-state index in [0.29, 0.717) is 5.69 Å². The number of anilines is 2. The SMILES string of the molecule is O=C(Nc1ccccc1N1CCN(Cc2ccncc2)CC1)c1csc(-c2cccs2)n1. The van der Waals surface area contributed by atoms with Crippen LogP contribution in [-0.2, 0) is 6.54 Å². The molecule has 1 saturated heterocycles. The van der Waals surface area contributed by atoms with Gasteiger partial charge >= 0.3 is 0 Å². The molecule has 4 heterocycles. The lowest BCUT2D eigenvalue weighted by molar-refractivity contribution is 0.102. The Morgan fingerprint density at radius 1 is 0.969 bits per heavy atom. The third-order valence-corrected chi connectivity index (χ3v) is 7.37. The number of aromatic nitrogens is 2. The van der Waals surface area contributed by atoms with Crippen LogP contribution in [0.5, 0.6) is 0 Å². The minimum absolute atomic E-state index is 0.173. The molecule has 1 aromatic carbocycles. The average Bonchev–Trinajstić information content (AvgIpc) is 3.53. The van der Waals surface area contributed by atoms with Gasteiger partial charge in [0.15, 0.2) is 0 Å². The Morgan fingerprint density at radius 2 is 1.78 bits per heavy atom. The van der Waals surface area contributed by atoms with Crippen LogP contribution in [0.3, 0.4) is 0 Å². The lowest BCUT2D eigenvalue weighted by atomic mass is 10.2. The first-order valence-electron chi connectivity index (χ1n) is 10.5. The fraction of sp³-hybridized carbons (Fsp3) is 0.208. The van der Waals surface area contributed by atoms with E-state index in [-0.39, 0.29) is 5.91 Å². The normalized spacial score (nSPS) is 14.4. The number of pyridine rings is 1. The summed E-state index contributed by atoms with van der Waals surface area (Å²) in [5.41, 5.74) is 3.62. The third kappa shape index (κ3) is 4.72. The van der Waals surface area contributed by atoms with Crippen molar-refractivity contribution >= 4 is 40.0 Å². The number of amides is 1. The molecule has 0 spiro atoms. The molecule has 0 aliphatic carbocycles. The first-order valence-corrected chi connectivity index (χ1v) is 12.3. The van der Waals surface area contributed by atoms with E-state index in [1.54, 1.807) is 11.3 Å². The first-order chi connectivity index (χ1) is 15.8. The molecular weight excluding hydrogens is 438 g/mol. The predicted molar refractivity (Wildman–Crippen MR) is 132 cm³/mol. The number of nitrogens with one attached hydrogen (secondary N) is 1. The van der Waals surface area contributed by atoms with Crippen LogP contribution in [0.15, 0.2) is 71.7 Å². The highest BCUT2D eigenvalue weighted by molar-refractivity contribution is 7.20. The highest BCUT2D eigenvalue weighted by Gasteiger charge is 2.21. The standard InChI is InChI=1S/C24H23N5OS2/c30-23(20-17-32-24(27-20)22-6-3-15-31-22)26-19-4-1-2-5-21(19)29-13-11-28(12-14-29)16-18-7-9-25-10-8-18/h1-10,15,17H,11-14,16H2,(H,26,30). The highest BCUT2D eigenvalue weighted by Crippen LogP contribution is 2.30. The van der Waals surface area contributed by atoms with Crippen molar-refractivity contribution < 1.29 is 4.79 Å². The number of carbonyl (C=O) groups is 1. The second-order valence-electron chi connectivity index (χ2n) is 7.61. The van der Waals surface area contributed by atoms with Crippen molar-refractivity contribution in [2.75, 3.05) is 36.4 Å². The van der Waals surface area contributed by atoms with Crippen molar-refractivity contribution in [3.8, 4) is 9.88 Å². The number of benzene rings is 1. The van der Waals surface area contributed by atoms with Gasteiger partial charge in [0.1, 0.15) is 10.7 Å². The van der Waals surface area contributed by atoms with E-state index in [1.165, 1.54) is 16.9 Å². The smallest absolute Gasteiger partial charge is 0.275 e. The molecule has 1 aliphatic heterocycles. The van der Waals surface area contributed by atoms with Crippen molar-refractivity contribution in [3.05, 3.63) is 82.9 Å². The van der Waals surface area contributed by atoms with E-state index in [1.807, 2.05) is 53.5 Å². The molecule has 6 nitrogen and oxygen atoms in total. The zero-order chi connectivity index (χ0) is 21.8. The molecule has 0 radical (unpaired) electrons. The van der Waals surface area contributed by atoms with Crippen molar-refractivity contribution in [2.24, 2.45) is 0 Å². The Morgan fingerprint density at radius 3 is 2.56 bits per heavy atom. The van der Waals surface area contributed by atoms with Crippen molar-refractivity contribution in [3.63, 3.8) is 0 Å². The fourth-order valence-electron chi connectivity index (χ4n) is 3.83. The maximum absolute atomic E-state index is 12.9. The van der Waals surface area contributed by atoms with E-state index in [9.17, 15) is 4.79 Å². The van der Waals surface area contributed by atoms with Crippen LogP contribution in [-0.4, -0.2) is 47.0 Å². The van der Waals surface area contributed by atoms with E-state index < -0.39 is 0 Å². The number of para-hydroxylation sites is 2. The van der Waals surface area contributed by atoms with Crippen LogP contribution in [0, 0.1) is 0 Å². The summed E-state index contributed by atoms with van der Waals surface area (Å²) < 4.78 is 0. The third-order valence-electron chi connectivity index (χ3n) is 5.49. The summed E-state index contributed by atoms with van der Waals surface area (Å²) in [4.78, 5) is 27.4. The van der Waals surface area contributed by atoms with Crippen LogP contribution in [0.4, 0.5) is 11.4 Å². The summed E-state index contributed by atoms with van der Waals surface area (Å²) in [6.07, 6.45) is 3.69. The molecular formula is C24H23N5OS2. The maximum Gasteiger partial charge on any atom is 0.275 e. The molecule has 162 valence electrons. The zero-order valence-corrected chi connectivity index (χ0v) is 19.1. The lowest BCUT2D eigenvalue weighted by Crippen LogP contribution is -2.46. The number of rotatable bonds is 6. The van der Waals surface area contributed by atoms with Crippen LogP contribution in [0.2, 0.25) is 0 Å². The molecule has 0 unspecified atom stereocenters. The topological polar surface area (TPSA) is 61.4 Å². The van der Waals surface area contributed by atoms with Crippen LogP contribution in [0.25, 0.3) is 9.88 Å². The number of piperazine rings is 1. The highest BCUT2D eigenvalue weighted by atomic mass is 32.1. The maximum atomic E-state index is 12.9. The Labute approximate surface area is 195 Å². The van der Waals surface area contributed by atoms with E-state index in [4.69, 9.17) is 0 Å². The Kier molecular flexibility index (Phi) is 6.24. The number of hydrogen-bond donors (Lipinski definition) is 1. The molecule has 0 bridgehead atoms. The Hall–Kier alpha value is -3.07. The average molecular weight is 462 g/mol. The molecule has 1 fully saturated rings. The minimum Gasteiger partial charge on any atom is -0.367 e. The van der Waals surface area contributed by atoms with Crippen molar-refractivity contribution in [1.82, 2.24) is 14.9 Å². The molecule has 0 atom stereocenters. The van der Waals surface area contributed by atoms with Gasteiger partial charge in [-0.25, -0.2) is 4.98 Å². The van der Waals surface area contributed by atoms with Gasteiger partial charge in [0, 0.05) is 50.5 Å². The van der Waals surface area contributed by atoms with Crippen LogP contribution in [0.1, 0.15) is 16.1 Å². The summed E-state index contributed by atoms with van der Waals surface area (Å²) in [6.45, 7) is 4.71. The van der Waals surface area contributed by atoms with Crippen LogP contribution >= 0.6 is 22.7 Å². The molecule has 3 aromatic heterocycles. The van der Waals surface area contributed by atoms with Gasteiger partial charge in [0.05, 0.1) is 16.3 Å². The zero-order valence-electron chi connectivity index (χ0n) is 17.5. The van der Waals surface area contributed by atoms with Crippen LogP contribution < -0.4 is 10.2 Å². The lowest BCUT2D eigenvalue weighted by Gasteiger charge is -2.37. The Bertz CT molecular complexity index is 1170. The molecule has 1 aliphatic rings. The predicted octanol–water partition coefficient (Wildman–Crippen LogP) is 4.84. The second-order valence-corrected chi connectivity index (χ2v) is 9.41. The number of thiophene rings is 1. The van der Waals surface area contributed by atoms with Gasteiger partial charge in [-0.05, 0) is 41.3 Å². The molecule has 0 saturated carbocycles. The summed E-state index contributed by atoms with van der Waals surface area (Å²) in [5, 5.41) is 7.80. The number of thiazole rings is 1. The number of hydrogen-bond acceptors (Lipinski definition) is 7. The molecule has 32 heavy (non-hydrogen) atoms. The van der Waals surface area contributed by atoms with Gasteiger partial charge in [-0.15, -0.1) is 22.7 Å². The second kappa shape index (κ2) is 9.60. The summed E-state index contributed by atoms with van der Waals surface area (Å²) in [6, 6.07) is 16.2. The monoisotopic (exact) mass is 461 g/mol. The number of nitrogens with zero attached hydrogens (tertiary/aromatic N) is 4. The van der Waals surface area contributed by atoms with E-state index in [2.05, 4.69) is 43.3 Å². The molecule has 8 heteroatoms.